The Bertz CT molecular complexity index is 755. The molecule has 0 spiro atoms. The van der Waals surface area contributed by atoms with Crippen LogP contribution >= 0.6 is 11.6 Å². The minimum atomic E-state index is -0.446. The Hall–Kier alpha value is -2.40. The predicted molar refractivity (Wildman–Crippen MR) is 76.6 cm³/mol. The highest BCUT2D eigenvalue weighted by Crippen LogP contribution is 2.35. The molecule has 4 nitrogen and oxygen atoms in total. The van der Waals surface area contributed by atoms with E-state index >= 15 is 0 Å². The van der Waals surface area contributed by atoms with E-state index in [2.05, 4.69) is 15.2 Å². The molecule has 2 aromatic heterocycles. The Morgan fingerprint density at radius 1 is 1.20 bits per heavy atom. The van der Waals surface area contributed by atoms with Crippen molar-refractivity contribution in [3.05, 3.63) is 53.4 Å². The lowest BCUT2D eigenvalue weighted by Gasteiger charge is -2.05. The van der Waals surface area contributed by atoms with Crippen LogP contribution in [0.25, 0.3) is 22.5 Å². The number of anilines is 1. The number of pyridine rings is 1. The third-order valence-corrected chi connectivity index (χ3v) is 3.15. The first-order valence-electron chi connectivity index (χ1n) is 5.87. The molecule has 0 saturated heterocycles. The molecule has 0 saturated carbocycles. The lowest BCUT2D eigenvalue weighted by molar-refractivity contribution is 0.631. The molecule has 1 aromatic carbocycles. The smallest absolute Gasteiger partial charge is 0.155 e. The first kappa shape index (κ1) is 12.6. The number of hydrogen-bond donors (Lipinski definition) is 2. The minimum Gasteiger partial charge on any atom is -0.382 e. The van der Waals surface area contributed by atoms with Gasteiger partial charge in [-0.1, -0.05) is 17.7 Å². The van der Waals surface area contributed by atoms with E-state index in [-0.39, 0.29) is 5.82 Å². The number of rotatable bonds is 2. The quantitative estimate of drug-likeness (QED) is 0.758. The molecule has 0 atom stereocenters. The molecule has 6 heteroatoms. The third-order valence-electron chi connectivity index (χ3n) is 2.92. The fourth-order valence-electron chi connectivity index (χ4n) is 2.01. The summed E-state index contributed by atoms with van der Waals surface area (Å²) in [6.07, 6.45) is 1.64. The zero-order valence-corrected chi connectivity index (χ0v) is 11.0. The number of nitrogens with two attached hydrogens (primary N) is 1. The van der Waals surface area contributed by atoms with Crippen LogP contribution < -0.4 is 5.73 Å². The normalized spacial score (nSPS) is 10.7. The molecule has 0 aliphatic rings. The Balaban J connectivity index is 2.21. The number of nitrogens with zero attached hydrogens (tertiary/aromatic N) is 2. The van der Waals surface area contributed by atoms with Crippen LogP contribution in [0.5, 0.6) is 0 Å². The van der Waals surface area contributed by atoms with Crippen molar-refractivity contribution in [3.63, 3.8) is 0 Å². The summed E-state index contributed by atoms with van der Waals surface area (Å²) in [7, 11) is 0. The number of nitrogen functional groups attached to an aromatic ring is 1. The Morgan fingerprint density at radius 2 is 2.05 bits per heavy atom. The maximum Gasteiger partial charge on any atom is 0.155 e. The van der Waals surface area contributed by atoms with Gasteiger partial charge in [-0.15, -0.1) is 0 Å². The van der Waals surface area contributed by atoms with Gasteiger partial charge in [-0.25, -0.2) is 4.39 Å². The number of aromatic nitrogens is 3. The van der Waals surface area contributed by atoms with Crippen LogP contribution in [-0.2, 0) is 0 Å². The second-order valence-electron chi connectivity index (χ2n) is 4.20. The van der Waals surface area contributed by atoms with Crippen molar-refractivity contribution in [1.82, 2.24) is 15.2 Å². The highest BCUT2D eigenvalue weighted by atomic mass is 35.5. The van der Waals surface area contributed by atoms with Gasteiger partial charge >= 0.3 is 0 Å². The van der Waals surface area contributed by atoms with E-state index in [4.69, 9.17) is 17.3 Å². The van der Waals surface area contributed by atoms with Crippen molar-refractivity contribution in [2.24, 2.45) is 0 Å². The van der Waals surface area contributed by atoms with E-state index in [0.717, 1.165) is 0 Å². The number of halogens is 2. The van der Waals surface area contributed by atoms with Crippen molar-refractivity contribution in [3.8, 4) is 22.5 Å². The van der Waals surface area contributed by atoms with Gasteiger partial charge in [0.25, 0.3) is 0 Å². The van der Waals surface area contributed by atoms with Crippen LogP contribution in [0.3, 0.4) is 0 Å². The van der Waals surface area contributed by atoms with Gasteiger partial charge in [-0.2, -0.15) is 5.10 Å². The van der Waals surface area contributed by atoms with Gasteiger partial charge in [0.2, 0.25) is 0 Å². The number of hydrogen-bond acceptors (Lipinski definition) is 3. The lowest BCUT2D eigenvalue weighted by Crippen LogP contribution is -1.92. The molecule has 20 heavy (non-hydrogen) atoms. The molecule has 0 fully saturated rings. The van der Waals surface area contributed by atoms with Crippen molar-refractivity contribution in [2.75, 3.05) is 5.73 Å². The number of benzene rings is 1. The van der Waals surface area contributed by atoms with E-state index in [0.29, 0.717) is 27.5 Å². The number of H-pyrrole nitrogens is 1. The summed E-state index contributed by atoms with van der Waals surface area (Å²) in [5.41, 5.74) is 7.89. The molecule has 3 aromatic rings. The highest BCUT2D eigenvalue weighted by Gasteiger charge is 2.18. The molecule has 3 N–H and O–H groups in total. The third kappa shape index (κ3) is 2.12. The average molecular weight is 289 g/mol. The summed E-state index contributed by atoms with van der Waals surface area (Å²) in [4.78, 5) is 4.23. The summed E-state index contributed by atoms with van der Waals surface area (Å²) < 4.78 is 14.0. The minimum absolute atomic E-state index is 0.271. The summed E-state index contributed by atoms with van der Waals surface area (Å²) in [6, 6.07) is 9.85. The van der Waals surface area contributed by atoms with Crippen LogP contribution in [0.1, 0.15) is 0 Å². The molecule has 0 unspecified atom stereocenters. The molecule has 0 amide bonds. The molecule has 0 aliphatic heterocycles. The fraction of sp³-hybridized carbons (Fsp3) is 0. The van der Waals surface area contributed by atoms with Crippen LogP contribution in [0.4, 0.5) is 10.2 Å². The summed E-state index contributed by atoms with van der Waals surface area (Å²) in [6.45, 7) is 0. The zero-order chi connectivity index (χ0) is 14.1. The summed E-state index contributed by atoms with van der Waals surface area (Å²) >= 11 is 5.76. The van der Waals surface area contributed by atoms with Gasteiger partial charge in [-0.3, -0.25) is 10.1 Å². The van der Waals surface area contributed by atoms with Crippen LogP contribution in [0, 0.1) is 5.82 Å². The largest absolute Gasteiger partial charge is 0.382 e. The van der Waals surface area contributed by atoms with E-state index in [1.165, 1.54) is 6.07 Å². The Morgan fingerprint density at radius 3 is 2.75 bits per heavy atom. The molecular weight excluding hydrogens is 279 g/mol. The maximum absolute atomic E-state index is 14.0. The van der Waals surface area contributed by atoms with Gasteiger partial charge in [-0.05, 0) is 30.3 Å². The first-order valence-corrected chi connectivity index (χ1v) is 6.25. The SMILES string of the molecule is Nc1n[nH]c(-c2ccc(Cl)cc2F)c1-c1ccccn1. The van der Waals surface area contributed by atoms with Gasteiger partial charge in [0, 0.05) is 16.8 Å². The highest BCUT2D eigenvalue weighted by molar-refractivity contribution is 6.30. The molecule has 100 valence electrons. The Labute approximate surface area is 119 Å². The first-order chi connectivity index (χ1) is 9.66. The Kier molecular flexibility index (Phi) is 3.12. The predicted octanol–water partition coefficient (Wildman–Crippen LogP) is 3.51. The molecule has 3 rings (SSSR count). The second kappa shape index (κ2) is 4.94. The zero-order valence-electron chi connectivity index (χ0n) is 10.3. The fourth-order valence-corrected chi connectivity index (χ4v) is 2.17. The van der Waals surface area contributed by atoms with E-state index in [1.54, 1.807) is 30.5 Å². The van der Waals surface area contributed by atoms with Crippen molar-refractivity contribution >= 4 is 17.4 Å². The van der Waals surface area contributed by atoms with Crippen LogP contribution in [0.15, 0.2) is 42.6 Å². The van der Waals surface area contributed by atoms with E-state index in [9.17, 15) is 4.39 Å². The van der Waals surface area contributed by atoms with E-state index < -0.39 is 5.82 Å². The molecule has 0 aliphatic carbocycles. The summed E-state index contributed by atoms with van der Waals surface area (Å²) in [5.74, 6) is -0.175. The van der Waals surface area contributed by atoms with E-state index in [1.807, 2.05) is 6.07 Å². The maximum atomic E-state index is 14.0. The van der Waals surface area contributed by atoms with Crippen LogP contribution in [-0.4, -0.2) is 15.2 Å². The standard InChI is InChI=1S/C14H10ClFN4/c15-8-4-5-9(10(16)7-8)13-12(14(17)20-19-13)11-3-1-2-6-18-11/h1-7H,(H3,17,19,20). The monoisotopic (exact) mass is 288 g/mol. The molecule has 0 bridgehead atoms. The van der Waals surface area contributed by atoms with Crippen molar-refractivity contribution < 1.29 is 4.39 Å². The molecule has 2 heterocycles. The molecule has 0 radical (unpaired) electrons. The average Bonchev–Trinajstić information content (AvgIpc) is 2.81. The number of nitrogens with one attached hydrogen (secondary N) is 1. The molecular formula is C14H10ClFN4. The van der Waals surface area contributed by atoms with Crippen LogP contribution in [0.2, 0.25) is 5.02 Å². The second-order valence-corrected chi connectivity index (χ2v) is 4.63. The summed E-state index contributed by atoms with van der Waals surface area (Å²) in [5, 5.41) is 7.03. The van der Waals surface area contributed by atoms with Crippen molar-refractivity contribution in [2.45, 2.75) is 0 Å². The van der Waals surface area contributed by atoms with Gasteiger partial charge in [0.15, 0.2) is 5.82 Å². The number of aromatic amines is 1. The van der Waals surface area contributed by atoms with Gasteiger partial charge in [0.1, 0.15) is 5.82 Å². The van der Waals surface area contributed by atoms with Gasteiger partial charge < -0.3 is 5.73 Å². The topological polar surface area (TPSA) is 67.6 Å². The van der Waals surface area contributed by atoms with Crippen molar-refractivity contribution in [1.29, 1.82) is 0 Å². The lowest BCUT2D eigenvalue weighted by atomic mass is 10.0. The van der Waals surface area contributed by atoms with Gasteiger partial charge in [0.05, 0.1) is 17.0 Å².